The van der Waals surface area contributed by atoms with E-state index in [4.69, 9.17) is 16.3 Å². The number of rotatable bonds is 6. The molecule has 128 valence electrons. The van der Waals surface area contributed by atoms with E-state index in [0.29, 0.717) is 5.02 Å². The number of amides is 1. The highest BCUT2D eigenvalue weighted by molar-refractivity contribution is 7.91. The Morgan fingerprint density at radius 1 is 1.17 bits per heavy atom. The van der Waals surface area contributed by atoms with Gasteiger partial charge in [0.25, 0.3) is 5.91 Å². The van der Waals surface area contributed by atoms with Crippen molar-refractivity contribution in [2.24, 2.45) is 0 Å². The van der Waals surface area contributed by atoms with Crippen LogP contribution < -0.4 is 5.32 Å². The molecule has 0 saturated carbocycles. The molecule has 6 nitrogen and oxygen atoms in total. The summed E-state index contributed by atoms with van der Waals surface area (Å²) < 4.78 is 28.9. The number of ether oxygens (including phenoxy) is 1. The van der Waals surface area contributed by atoms with Gasteiger partial charge in [0.1, 0.15) is 0 Å². The SMILES string of the molecule is CC(C)(C)NC(=O)COC(=O)CCS(=O)(=O)c1ccc(Cl)cc1. The Morgan fingerprint density at radius 3 is 2.26 bits per heavy atom. The molecule has 0 aromatic heterocycles. The zero-order valence-corrected chi connectivity index (χ0v) is 14.8. The van der Waals surface area contributed by atoms with Gasteiger partial charge in [-0.05, 0) is 45.0 Å². The number of hydrogen-bond acceptors (Lipinski definition) is 5. The Balaban J connectivity index is 2.46. The molecular weight excluding hydrogens is 342 g/mol. The van der Waals surface area contributed by atoms with Crippen molar-refractivity contribution in [1.82, 2.24) is 5.32 Å². The monoisotopic (exact) mass is 361 g/mol. The normalized spacial score (nSPS) is 11.8. The van der Waals surface area contributed by atoms with Crippen LogP contribution >= 0.6 is 11.6 Å². The first-order valence-corrected chi connectivity index (χ1v) is 8.97. The smallest absolute Gasteiger partial charge is 0.307 e. The molecule has 0 bridgehead atoms. The Hall–Kier alpha value is -1.60. The molecule has 0 saturated heterocycles. The Morgan fingerprint density at radius 2 is 1.74 bits per heavy atom. The molecule has 0 aliphatic heterocycles. The van der Waals surface area contributed by atoms with Gasteiger partial charge in [0, 0.05) is 10.6 Å². The highest BCUT2D eigenvalue weighted by atomic mass is 35.5. The molecule has 23 heavy (non-hydrogen) atoms. The summed E-state index contributed by atoms with van der Waals surface area (Å²) in [7, 11) is -3.60. The number of nitrogens with one attached hydrogen (secondary N) is 1. The van der Waals surface area contributed by atoms with E-state index in [1.165, 1.54) is 24.3 Å². The van der Waals surface area contributed by atoms with Crippen LogP contribution in [0.4, 0.5) is 0 Å². The van der Waals surface area contributed by atoms with Gasteiger partial charge >= 0.3 is 5.97 Å². The summed E-state index contributed by atoms with van der Waals surface area (Å²) >= 11 is 5.70. The van der Waals surface area contributed by atoms with Crippen LogP contribution in [0, 0.1) is 0 Å². The van der Waals surface area contributed by atoms with Gasteiger partial charge < -0.3 is 10.1 Å². The minimum absolute atomic E-state index is 0.0835. The van der Waals surface area contributed by atoms with Gasteiger partial charge in [0.15, 0.2) is 16.4 Å². The van der Waals surface area contributed by atoms with Crippen LogP contribution in [-0.2, 0) is 24.2 Å². The second-order valence-electron chi connectivity index (χ2n) is 5.98. The van der Waals surface area contributed by atoms with E-state index < -0.39 is 39.6 Å². The molecule has 0 heterocycles. The fraction of sp³-hybridized carbons (Fsp3) is 0.467. The van der Waals surface area contributed by atoms with E-state index in [9.17, 15) is 18.0 Å². The second-order valence-corrected chi connectivity index (χ2v) is 8.53. The highest BCUT2D eigenvalue weighted by Crippen LogP contribution is 2.16. The van der Waals surface area contributed by atoms with E-state index >= 15 is 0 Å². The Bertz CT molecular complexity index is 662. The van der Waals surface area contributed by atoms with Gasteiger partial charge in [-0.15, -0.1) is 0 Å². The van der Waals surface area contributed by atoms with E-state index in [0.717, 1.165) is 0 Å². The van der Waals surface area contributed by atoms with Crippen LogP contribution in [0.3, 0.4) is 0 Å². The molecule has 0 fully saturated rings. The van der Waals surface area contributed by atoms with Crippen LogP contribution in [0.25, 0.3) is 0 Å². The molecule has 1 N–H and O–H groups in total. The quantitative estimate of drug-likeness (QED) is 0.782. The highest BCUT2D eigenvalue weighted by Gasteiger charge is 2.19. The summed E-state index contributed by atoms with van der Waals surface area (Å²) in [6.07, 6.45) is -0.326. The van der Waals surface area contributed by atoms with Crippen molar-refractivity contribution in [2.45, 2.75) is 37.6 Å². The van der Waals surface area contributed by atoms with Crippen LogP contribution in [0.1, 0.15) is 27.2 Å². The van der Waals surface area contributed by atoms with Gasteiger partial charge in [-0.25, -0.2) is 8.42 Å². The Kier molecular flexibility index (Phi) is 6.58. The molecule has 0 aliphatic rings. The lowest BCUT2D eigenvalue weighted by atomic mass is 10.1. The third-order valence-electron chi connectivity index (χ3n) is 2.63. The van der Waals surface area contributed by atoms with Crippen LogP contribution in [0.15, 0.2) is 29.2 Å². The third-order valence-corrected chi connectivity index (χ3v) is 4.61. The van der Waals surface area contributed by atoms with Gasteiger partial charge in [0.2, 0.25) is 0 Å². The zero-order chi connectivity index (χ0) is 17.7. The molecule has 0 aliphatic carbocycles. The van der Waals surface area contributed by atoms with E-state index in [-0.39, 0.29) is 11.3 Å². The van der Waals surface area contributed by atoms with Gasteiger partial charge in [0.05, 0.1) is 17.1 Å². The fourth-order valence-corrected chi connectivity index (χ4v) is 3.00. The van der Waals surface area contributed by atoms with Gasteiger partial charge in [-0.2, -0.15) is 0 Å². The summed E-state index contributed by atoms with van der Waals surface area (Å²) in [5.74, 6) is -1.58. The van der Waals surface area contributed by atoms with E-state index in [1.54, 1.807) is 20.8 Å². The van der Waals surface area contributed by atoms with Crippen molar-refractivity contribution in [3.8, 4) is 0 Å². The number of sulfone groups is 1. The predicted octanol–water partition coefficient (Wildman–Crippen LogP) is 1.96. The standard InChI is InChI=1S/C15H20ClNO5S/c1-15(2,3)17-13(18)10-22-14(19)8-9-23(20,21)12-6-4-11(16)5-7-12/h4-7H,8-10H2,1-3H3,(H,17,18). The number of carbonyl (C=O) groups is 2. The molecule has 1 rings (SSSR count). The molecule has 0 radical (unpaired) electrons. The number of hydrogen-bond donors (Lipinski definition) is 1. The largest absolute Gasteiger partial charge is 0.456 e. The minimum Gasteiger partial charge on any atom is -0.456 e. The first-order valence-electron chi connectivity index (χ1n) is 6.94. The van der Waals surface area contributed by atoms with E-state index in [1.807, 2.05) is 0 Å². The molecule has 1 amide bonds. The van der Waals surface area contributed by atoms with Gasteiger partial charge in [-0.1, -0.05) is 11.6 Å². The Labute approximate surface area is 141 Å². The first-order chi connectivity index (χ1) is 10.5. The molecule has 0 spiro atoms. The second kappa shape index (κ2) is 7.79. The molecule has 0 unspecified atom stereocenters. The average Bonchev–Trinajstić information content (AvgIpc) is 2.41. The van der Waals surface area contributed by atoms with E-state index in [2.05, 4.69) is 5.32 Å². The predicted molar refractivity (Wildman–Crippen MR) is 87.0 cm³/mol. The molecule has 1 aromatic carbocycles. The zero-order valence-electron chi connectivity index (χ0n) is 13.3. The van der Waals surface area contributed by atoms with Crippen molar-refractivity contribution in [2.75, 3.05) is 12.4 Å². The van der Waals surface area contributed by atoms with Crippen LogP contribution in [0.2, 0.25) is 5.02 Å². The lowest BCUT2D eigenvalue weighted by Gasteiger charge is -2.20. The molecule has 0 atom stereocenters. The number of esters is 1. The van der Waals surface area contributed by atoms with Crippen molar-refractivity contribution in [3.63, 3.8) is 0 Å². The molecular formula is C15H20ClNO5S. The number of halogens is 1. The van der Waals surface area contributed by atoms with Crippen molar-refractivity contribution in [1.29, 1.82) is 0 Å². The summed E-state index contributed by atoms with van der Waals surface area (Å²) in [6.45, 7) is 4.96. The summed E-state index contributed by atoms with van der Waals surface area (Å²) in [4.78, 5) is 23.1. The third kappa shape index (κ3) is 7.47. The van der Waals surface area contributed by atoms with Crippen molar-refractivity contribution in [3.05, 3.63) is 29.3 Å². The van der Waals surface area contributed by atoms with Crippen molar-refractivity contribution >= 4 is 33.3 Å². The maximum Gasteiger partial charge on any atom is 0.307 e. The van der Waals surface area contributed by atoms with Crippen LogP contribution in [0.5, 0.6) is 0 Å². The summed E-state index contributed by atoms with van der Waals surface area (Å²) in [5.41, 5.74) is -0.429. The number of carbonyl (C=O) groups excluding carboxylic acids is 2. The fourth-order valence-electron chi connectivity index (χ4n) is 1.65. The average molecular weight is 362 g/mol. The molecule has 8 heteroatoms. The molecule has 1 aromatic rings. The topological polar surface area (TPSA) is 89.5 Å². The maximum absolute atomic E-state index is 12.0. The van der Waals surface area contributed by atoms with Crippen molar-refractivity contribution < 1.29 is 22.7 Å². The maximum atomic E-state index is 12.0. The summed E-state index contributed by atoms with van der Waals surface area (Å²) in [5, 5.41) is 3.06. The lowest BCUT2D eigenvalue weighted by molar-refractivity contribution is -0.148. The minimum atomic E-state index is -3.60. The van der Waals surface area contributed by atoms with Gasteiger partial charge in [-0.3, -0.25) is 9.59 Å². The van der Waals surface area contributed by atoms with Crippen LogP contribution in [-0.4, -0.2) is 38.2 Å². The lowest BCUT2D eigenvalue weighted by Crippen LogP contribution is -2.42. The summed E-state index contributed by atoms with van der Waals surface area (Å²) in [6, 6.07) is 5.67. The number of benzene rings is 1. The first kappa shape index (κ1) is 19.4.